The predicted molar refractivity (Wildman–Crippen MR) is 112 cm³/mol. The number of amides is 1. The first-order chi connectivity index (χ1) is 13.2. The van der Waals surface area contributed by atoms with E-state index in [1.807, 2.05) is 45.0 Å². The molecule has 0 spiro atoms. The van der Waals surface area contributed by atoms with Gasteiger partial charge < -0.3 is 14.6 Å². The Labute approximate surface area is 173 Å². The highest BCUT2D eigenvalue weighted by Crippen LogP contribution is 2.40. The van der Waals surface area contributed by atoms with Crippen LogP contribution >= 0.6 is 11.6 Å². The van der Waals surface area contributed by atoms with Crippen molar-refractivity contribution < 1.29 is 14.2 Å². The number of nitrogens with one attached hydrogen (secondary N) is 1. The molecular weight excluding hydrogens is 376 g/mol. The van der Waals surface area contributed by atoms with Crippen molar-refractivity contribution in [2.75, 3.05) is 6.54 Å². The van der Waals surface area contributed by atoms with Gasteiger partial charge in [-0.1, -0.05) is 30.2 Å². The molecule has 28 heavy (non-hydrogen) atoms. The predicted octanol–water partition coefficient (Wildman–Crippen LogP) is 5.53. The van der Waals surface area contributed by atoms with Gasteiger partial charge in [-0.25, -0.2) is 4.79 Å². The maximum absolute atomic E-state index is 14.2. The summed E-state index contributed by atoms with van der Waals surface area (Å²) in [5, 5.41) is 17.8. The summed E-state index contributed by atoms with van der Waals surface area (Å²) in [5.74, 6) is -0.169. The summed E-state index contributed by atoms with van der Waals surface area (Å²) in [6, 6.07) is 7.60. The van der Waals surface area contributed by atoms with Gasteiger partial charge in [-0.3, -0.25) is 5.32 Å². The van der Waals surface area contributed by atoms with Crippen LogP contribution in [0.3, 0.4) is 0 Å². The standard InChI is InChI=1S/C22H32ClN2O3/c1-22(2,3)28-21(26)24-20-19(16-11-13-17(23)14-12-16)10-7-15-25(20,27)18-8-5-4-6-9-18/h10-14,18-20H,4-9,15H2,1-3H3,(H,24,26)/t19?,20-,25?/m1/s1. The molecule has 1 N–H and O–H groups in total. The molecule has 1 aromatic rings. The number of hydrogen-bond acceptors (Lipinski definition) is 3. The first kappa shape index (κ1) is 21.4. The third-order valence-electron chi connectivity index (χ3n) is 5.82. The summed E-state index contributed by atoms with van der Waals surface area (Å²) in [7, 11) is 0. The number of quaternary nitrogens is 1. The lowest BCUT2D eigenvalue weighted by Gasteiger charge is -2.58. The van der Waals surface area contributed by atoms with Gasteiger partial charge in [0.05, 0.1) is 18.5 Å². The summed E-state index contributed by atoms with van der Waals surface area (Å²) in [4.78, 5) is 12.6. The smallest absolute Gasteiger partial charge is 0.412 e. The van der Waals surface area contributed by atoms with E-state index in [0.29, 0.717) is 11.6 Å². The molecule has 3 rings (SSSR count). The van der Waals surface area contributed by atoms with E-state index in [-0.39, 0.29) is 16.6 Å². The molecule has 2 fully saturated rings. The van der Waals surface area contributed by atoms with Crippen molar-refractivity contribution in [1.29, 1.82) is 0 Å². The topological polar surface area (TPSA) is 61.4 Å². The van der Waals surface area contributed by atoms with Crippen LogP contribution in [-0.2, 0) is 4.74 Å². The fourth-order valence-corrected chi connectivity index (χ4v) is 4.68. The molecule has 1 amide bonds. The van der Waals surface area contributed by atoms with E-state index >= 15 is 0 Å². The van der Waals surface area contributed by atoms with Crippen molar-refractivity contribution in [1.82, 2.24) is 5.32 Å². The minimum Gasteiger partial charge on any atom is -0.631 e. The number of piperidine rings is 1. The van der Waals surface area contributed by atoms with Crippen molar-refractivity contribution in [3.05, 3.63) is 46.5 Å². The number of nitrogens with zero attached hydrogens (tertiary/aromatic N) is 1. The molecule has 6 heteroatoms. The van der Waals surface area contributed by atoms with Crippen LogP contribution in [0.2, 0.25) is 5.02 Å². The number of likely N-dealkylation sites (tertiary alicyclic amines) is 1. The van der Waals surface area contributed by atoms with Crippen LogP contribution in [0.1, 0.15) is 70.8 Å². The van der Waals surface area contributed by atoms with Crippen LogP contribution in [0.5, 0.6) is 0 Å². The molecule has 1 saturated heterocycles. The van der Waals surface area contributed by atoms with E-state index in [1.54, 1.807) is 0 Å². The molecule has 5 nitrogen and oxygen atoms in total. The molecule has 1 aliphatic carbocycles. The minimum absolute atomic E-state index is 0.0252. The summed E-state index contributed by atoms with van der Waals surface area (Å²) >= 11 is 6.06. The van der Waals surface area contributed by atoms with E-state index in [2.05, 4.69) is 11.7 Å². The van der Waals surface area contributed by atoms with Gasteiger partial charge >= 0.3 is 6.09 Å². The van der Waals surface area contributed by atoms with Crippen molar-refractivity contribution in [3.8, 4) is 0 Å². The van der Waals surface area contributed by atoms with Crippen molar-refractivity contribution in [3.63, 3.8) is 0 Å². The highest BCUT2D eigenvalue weighted by atomic mass is 35.5. The normalized spacial score (nSPS) is 29.3. The molecule has 1 aromatic carbocycles. The number of ether oxygens (including phenoxy) is 1. The number of halogens is 1. The SMILES string of the molecule is CC(C)(C)OC(=O)N[C@H]1C(c2ccc(Cl)cc2)[CH]CC[N+]1([O-])C1CCCCC1. The van der Waals surface area contributed by atoms with Crippen LogP contribution in [-0.4, -0.2) is 35.1 Å². The second-order valence-corrected chi connectivity index (χ2v) is 9.50. The molecule has 2 aliphatic rings. The van der Waals surface area contributed by atoms with Gasteiger partial charge in [-0.05, 0) is 70.6 Å². The molecule has 155 valence electrons. The molecule has 0 aromatic heterocycles. The summed E-state index contributed by atoms with van der Waals surface area (Å²) in [5.41, 5.74) is 0.390. The number of hydroxylamine groups is 3. The molecular formula is C22H32ClN2O3. The highest BCUT2D eigenvalue weighted by Gasteiger charge is 2.46. The fourth-order valence-electron chi connectivity index (χ4n) is 4.55. The number of rotatable bonds is 3. The lowest BCUT2D eigenvalue weighted by molar-refractivity contribution is -0.937. The van der Waals surface area contributed by atoms with E-state index in [1.165, 1.54) is 6.42 Å². The third kappa shape index (κ3) is 5.00. The largest absolute Gasteiger partial charge is 0.631 e. The number of carbonyl (C=O) groups is 1. The molecule has 1 radical (unpaired) electrons. The zero-order chi connectivity index (χ0) is 20.4. The maximum Gasteiger partial charge on any atom is 0.412 e. The Balaban J connectivity index is 1.90. The van der Waals surface area contributed by atoms with Crippen LogP contribution in [0.4, 0.5) is 4.79 Å². The van der Waals surface area contributed by atoms with Gasteiger partial charge in [-0.15, -0.1) is 0 Å². The Hall–Kier alpha value is -1.30. The van der Waals surface area contributed by atoms with Crippen LogP contribution in [0.25, 0.3) is 0 Å². The van der Waals surface area contributed by atoms with Gasteiger partial charge in [0.2, 0.25) is 0 Å². The summed E-state index contributed by atoms with van der Waals surface area (Å²) in [6.45, 7) is 5.99. The van der Waals surface area contributed by atoms with Gasteiger partial charge in [0.15, 0.2) is 6.17 Å². The van der Waals surface area contributed by atoms with Crippen molar-refractivity contribution in [2.24, 2.45) is 0 Å². The maximum atomic E-state index is 14.2. The van der Waals surface area contributed by atoms with Crippen molar-refractivity contribution >= 4 is 17.7 Å². The number of hydrogen-bond donors (Lipinski definition) is 1. The van der Waals surface area contributed by atoms with Crippen LogP contribution in [0, 0.1) is 11.6 Å². The van der Waals surface area contributed by atoms with E-state index in [4.69, 9.17) is 16.3 Å². The summed E-state index contributed by atoms with van der Waals surface area (Å²) < 4.78 is 5.12. The Morgan fingerprint density at radius 3 is 2.43 bits per heavy atom. The quantitative estimate of drug-likeness (QED) is 0.529. The van der Waals surface area contributed by atoms with Crippen LogP contribution in [0.15, 0.2) is 24.3 Å². The average molecular weight is 408 g/mol. The highest BCUT2D eigenvalue weighted by molar-refractivity contribution is 6.30. The Bertz CT molecular complexity index is 667. The Kier molecular flexibility index (Phi) is 6.58. The van der Waals surface area contributed by atoms with Gasteiger partial charge in [0, 0.05) is 11.4 Å². The van der Waals surface area contributed by atoms with E-state index < -0.39 is 17.9 Å². The molecule has 1 heterocycles. The van der Waals surface area contributed by atoms with Crippen LogP contribution < -0.4 is 5.32 Å². The van der Waals surface area contributed by atoms with Gasteiger partial charge in [0.1, 0.15) is 5.60 Å². The van der Waals surface area contributed by atoms with E-state index in [9.17, 15) is 10.0 Å². The third-order valence-corrected chi connectivity index (χ3v) is 6.07. The Morgan fingerprint density at radius 1 is 1.18 bits per heavy atom. The molecule has 3 atom stereocenters. The zero-order valence-electron chi connectivity index (χ0n) is 17.1. The van der Waals surface area contributed by atoms with Gasteiger partial charge in [0.25, 0.3) is 0 Å². The number of benzene rings is 1. The molecule has 0 bridgehead atoms. The monoisotopic (exact) mass is 407 g/mol. The lowest BCUT2D eigenvalue weighted by atomic mass is 9.83. The minimum atomic E-state index is -0.610. The zero-order valence-corrected chi connectivity index (χ0v) is 17.9. The lowest BCUT2D eigenvalue weighted by Crippen LogP contribution is -2.68. The molecule has 2 unspecified atom stereocenters. The van der Waals surface area contributed by atoms with Crippen molar-refractivity contribution in [2.45, 2.75) is 83.0 Å². The molecule has 1 saturated carbocycles. The first-order valence-electron chi connectivity index (χ1n) is 10.4. The molecule has 1 aliphatic heterocycles. The second kappa shape index (κ2) is 8.60. The van der Waals surface area contributed by atoms with E-state index in [0.717, 1.165) is 37.7 Å². The Morgan fingerprint density at radius 2 is 1.82 bits per heavy atom. The van der Waals surface area contributed by atoms with Gasteiger partial charge in [-0.2, -0.15) is 0 Å². The number of carbonyl (C=O) groups excluding carboxylic acids is 1. The summed E-state index contributed by atoms with van der Waals surface area (Å²) in [6.07, 6.45) is 6.97. The number of alkyl carbamates (subject to hydrolysis) is 1. The second-order valence-electron chi connectivity index (χ2n) is 9.06. The first-order valence-corrected chi connectivity index (χ1v) is 10.7. The fraction of sp³-hybridized carbons (Fsp3) is 0.636. The average Bonchev–Trinajstić information content (AvgIpc) is 2.63.